The van der Waals surface area contributed by atoms with E-state index >= 15 is 0 Å². The highest BCUT2D eigenvalue weighted by Crippen LogP contribution is 2.25. The summed E-state index contributed by atoms with van der Waals surface area (Å²) in [6, 6.07) is 10.5. The van der Waals surface area contributed by atoms with Gasteiger partial charge < -0.3 is 15.1 Å². The van der Waals surface area contributed by atoms with Gasteiger partial charge in [-0.15, -0.1) is 0 Å². The average Bonchev–Trinajstić information content (AvgIpc) is 2.99. The Morgan fingerprint density at radius 1 is 1.12 bits per heavy atom. The Balaban J connectivity index is 1.36. The van der Waals surface area contributed by atoms with Crippen LogP contribution in [0.15, 0.2) is 66.2 Å². The van der Waals surface area contributed by atoms with E-state index in [0.29, 0.717) is 6.54 Å². The van der Waals surface area contributed by atoms with E-state index < -0.39 is 0 Å². The molecule has 3 aliphatic heterocycles. The maximum atomic E-state index is 12.9. The van der Waals surface area contributed by atoms with Crippen LogP contribution in [0, 0.1) is 0 Å². The van der Waals surface area contributed by atoms with Crippen molar-refractivity contribution in [2.45, 2.75) is 13.1 Å². The number of hydrogen-bond acceptors (Lipinski definition) is 5. The van der Waals surface area contributed by atoms with Crippen molar-refractivity contribution in [1.82, 2.24) is 15.1 Å². The lowest BCUT2D eigenvalue weighted by Gasteiger charge is -2.36. The minimum absolute atomic E-state index is 0.0823. The number of anilines is 1. The molecule has 1 N–H and O–H groups in total. The molecule has 0 saturated carbocycles. The molecule has 0 aromatic heterocycles. The van der Waals surface area contributed by atoms with Crippen LogP contribution in [-0.2, 0) is 4.79 Å². The number of para-hydroxylation sites is 1. The Bertz CT molecular complexity index is 729. The summed E-state index contributed by atoms with van der Waals surface area (Å²) in [5.41, 5.74) is 3.03. The number of Topliss-reactive ketones (excluding diaryl/α,β-unsaturated/α-hetero) is 1. The van der Waals surface area contributed by atoms with E-state index in [9.17, 15) is 4.79 Å². The highest BCUT2D eigenvalue weighted by Gasteiger charge is 2.32. The van der Waals surface area contributed by atoms with Crippen molar-refractivity contribution < 1.29 is 4.79 Å². The van der Waals surface area contributed by atoms with Crippen LogP contribution in [-0.4, -0.2) is 54.5 Å². The van der Waals surface area contributed by atoms with Gasteiger partial charge >= 0.3 is 0 Å². The van der Waals surface area contributed by atoms with E-state index in [1.807, 2.05) is 36.2 Å². The molecule has 0 aliphatic carbocycles. The van der Waals surface area contributed by atoms with Crippen molar-refractivity contribution in [2.24, 2.45) is 0 Å². The first-order valence-electron chi connectivity index (χ1n) is 8.89. The summed E-state index contributed by atoms with van der Waals surface area (Å²) in [5, 5.41) is 3.37. The molecule has 5 nitrogen and oxygen atoms in total. The molecule has 3 heterocycles. The second kappa shape index (κ2) is 6.76. The highest BCUT2D eigenvalue weighted by molar-refractivity contribution is 5.97. The predicted octanol–water partition coefficient (Wildman–Crippen LogP) is 1.92. The van der Waals surface area contributed by atoms with Gasteiger partial charge in [0.05, 0.1) is 6.54 Å². The monoisotopic (exact) mass is 336 g/mol. The van der Waals surface area contributed by atoms with Crippen molar-refractivity contribution in [3.63, 3.8) is 0 Å². The quantitative estimate of drug-likeness (QED) is 0.910. The summed E-state index contributed by atoms with van der Waals surface area (Å²) in [7, 11) is 0. The van der Waals surface area contributed by atoms with Crippen LogP contribution in [0.2, 0.25) is 0 Å². The minimum Gasteiger partial charge on any atom is -0.369 e. The van der Waals surface area contributed by atoms with Gasteiger partial charge in [0.2, 0.25) is 0 Å². The normalized spacial score (nSPS) is 23.0. The molecular formula is C20H24N4O. The second-order valence-electron chi connectivity index (χ2n) is 6.72. The highest BCUT2D eigenvalue weighted by atomic mass is 16.1. The van der Waals surface area contributed by atoms with Crippen LogP contribution in [0.5, 0.6) is 0 Å². The van der Waals surface area contributed by atoms with Crippen molar-refractivity contribution >= 4 is 11.5 Å². The van der Waals surface area contributed by atoms with Gasteiger partial charge in [0.1, 0.15) is 11.9 Å². The Morgan fingerprint density at radius 2 is 1.88 bits per heavy atom. The molecule has 3 aliphatic rings. The molecule has 1 atom stereocenters. The minimum atomic E-state index is 0.0823. The van der Waals surface area contributed by atoms with Crippen molar-refractivity contribution in [2.75, 3.05) is 37.6 Å². The SMILES string of the molecule is CC1=C(C(=O)CN2CCN(c3ccccc3)CC2)N2C=CC=C[C@H]2N1. The summed E-state index contributed by atoms with van der Waals surface area (Å²) in [5.74, 6) is 0.195. The molecule has 1 saturated heterocycles. The lowest BCUT2D eigenvalue weighted by molar-refractivity contribution is -0.118. The Kier molecular flexibility index (Phi) is 4.32. The van der Waals surface area contributed by atoms with Gasteiger partial charge in [-0.3, -0.25) is 9.69 Å². The number of piperazine rings is 1. The van der Waals surface area contributed by atoms with Crippen LogP contribution in [0.3, 0.4) is 0 Å². The van der Waals surface area contributed by atoms with E-state index in [-0.39, 0.29) is 11.9 Å². The number of ketones is 1. The number of fused-ring (bicyclic) bond motifs is 1. The molecule has 0 spiro atoms. The van der Waals surface area contributed by atoms with E-state index in [2.05, 4.69) is 45.5 Å². The molecule has 25 heavy (non-hydrogen) atoms. The number of hydrogen-bond donors (Lipinski definition) is 1. The lowest BCUT2D eigenvalue weighted by atomic mass is 10.2. The van der Waals surface area contributed by atoms with Crippen LogP contribution >= 0.6 is 0 Å². The maximum Gasteiger partial charge on any atom is 0.194 e. The van der Waals surface area contributed by atoms with Crippen LogP contribution in [0.4, 0.5) is 5.69 Å². The van der Waals surface area contributed by atoms with E-state index in [0.717, 1.165) is 37.6 Å². The maximum absolute atomic E-state index is 12.9. The summed E-state index contributed by atoms with van der Waals surface area (Å²) in [4.78, 5) is 19.6. The average molecular weight is 336 g/mol. The predicted molar refractivity (Wildman–Crippen MR) is 99.8 cm³/mol. The van der Waals surface area contributed by atoms with Gasteiger partial charge in [-0.05, 0) is 31.2 Å². The van der Waals surface area contributed by atoms with E-state index in [1.165, 1.54) is 5.69 Å². The van der Waals surface area contributed by atoms with Crippen molar-refractivity contribution in [3.05, 3.63) is 66.2 Å². The van der Waals surface area contributed by atoms with Crippen molar-refractivity contribution in [1.29, 1.82) is 0 Å². The number of allylic oxidation sites excluding steroid dienone is 3. The summed E-state index contributed by atoms with van der Waals surface area (Å²) in [6.45, 7) is 6.22. The summed E-state index contributed by atoms with van der Waals surface area (Å²) >= 11 is 0. The first kappa shape index (κ1) is 16.0. The zero-order valence-electron chi connectivity index (χ0n) is 14.6. The first-order valence-corrected chi connectivity index (χ1v) is 8.89. The van der Waals surface area contributed by atoms with Gasteiger partial charge in [-0.2, -0.15) is 0 Å². The third-order valence-electron chi connectivity index (χ3n) is 5.05. The van der Waals surface area contributed by atoms with Gasteiger partial charge in [0.15, 0.2) is 5.78 Å². The molecule has 4 rings (SSSR count). The van der Waals surface area contributed by atoms with Gasteiger partial charge in [-0.25, -0.2) is 0 Å². The van der Waals surface area contributed by atoms with Crippen molar-refractivity contribution in [3.8, 4) is 0 Å². The largest absolute Gasteiger partial charge is 0.369 e. The smallest absolute Gasteiger partial charge is 0.194 e. The summed E-state index contributed by atoms with van der Waals surface area (Å²) < 4.78 is 0. The van der Waals surface area contributed by atoms with Crippen LogP contribution < -0.4 is 10.2 Å². The Labute approximate surface area is 148 Å². The molecule has 1 fully saturated rings. The molecular weight excluding hydrogens is 312 g/mol. The van der Waals surface area contributed by atoms with Crippen LogP contribution in [0.25, 0.3) is 0 Å². The van der Waals surface area contributed by atoms with Gasteiger partial charge in [0.25, 0.3) is 0 Å². The van der Waals surface area contributed by atoms with E-state index in [4.69, 9.17) is 0 Å². The topological polar surface area (TPSA) is 38.8 Å². The Hall–Kier alpha value is -2.53. The number of carbonyl (C=O) groups excluding carboxylic acids is 1. The molecule has 0 unspecified atom stereocenters. The molecule has 5 heteroatoms. The number of benzene rings is 1. The number of carbonyl (C=O) groups is 1. The fourth-order valence-electron chi connectivity index (χ4n) is 3.75. The van der Waals surface area contributed by atoms with Gasteiger partial charge in [-0.1, -0.05) is 24.3 Å². The first-order chi connectivity index (χ1) is 12.2. The molecule has 1 aromatic carbocycles. The second-order valence-corrected chi connectivity index (χ2v) is 6.72. The molecule has 0 radical (unpaired) electrons. The molecule has 0 amide bonds. The zero-order chi connectivity index (χ0) is 17.2. The fourth-order valence-corrected chi connectivity index (χ4v) is 3.75. The molecule has 1 aromatic rings. The van der Waals surface area contributed by atoms with Gasteiger partial charge in [0, 0.05) is 43.8 Å². The molecule has 130 valence electrons. The third-order valence-corrected chi connectivity index (χ3v) is 5.05. The molecule has 0 bridgehead atoms. The van der Waals surface area contributed by atoms with E-state index in [1.54, 1.807) is 0 Å². The lowest BCUT2D eigenvalue weighted by Crippen LogP contribution is -2.48. The van der Waals surface area contributed by atoms with Crippen LogP contribution in [0.1, 0.15) is 6.92 Å². The number of rotatable bonds is 4. The zero-order valence-corrected chi connectivity index (χ0v) is 14.6. The Morgan fingerprint density at radius 3 is 2.64 bits per heavy atom. The number of nitrogens with zero attached hydrogens (tertiary/aromatic N) is 3. The number of nitrogens with one attached hydrogen (secondary N) is 1. The standard InChI is InChI=1S/C20H24N4O/c1-16-20(24-10-6-5-9-19(24)21-16)18(25)15-22-11-13-23(14-12-22)17-7-3-2-4-8-17/h2-10,19,21H,11-15H2,1H3/t19-/m0/s1. The third kappa shape index (κ3) is 3.20. The summed E-state index contributed by atoms with van der Waals surface area (Å²) in [6.07, 6.45) is 8.12. The fraction of sp³-hybridized carbons (Fsp3) is 0.350.